The first-order valence-electron chi connectivity index (χ1n) is 5.46. The molecule has 86 valence electrons. The lowest BCUT2D eigenvalue weighted by Crippen LogP contribution is -2.13. The Hall–Kier alpha value is -2.16. The van der Waals surface area contributed by atoms with Gasteiger partial charge in [-0.05, 0) is 43.7 Å². The predicted octanol–water partition coefficient (Wildman–Crippen LogP) is 2.95. The Balaban J connectivity index is 2.20. The highest BCUT2D eigenvalue weighted by Gasteiger charge is 2.08. The van der Waals surface area contributed by atoms with Crippen molar-refractivity contribution in [1.29, 1.82) is 0 Å². The monoisotopic (exact) mass is 226 g/mol. The Morgan fingerprint density at radius 1 is 1.18 bits per heavy atom. The SMILES string of the molecule is Cc1cccc(NC(=O)c2cccnc2C)c1. The van der Waals surface area contributed by atoms with Gasteiger partial charge in [0, 0.05) is 17.6 Å². The van der Waals surface area contributed by atoms with Crippen LogP contribution >= 0.6 is 0 Å². The zero-order chi connectivity index (χ0) is 12.3. The second kappa shape index (κ2) is 4.78. The molecule has 3 nitrogen and oxygen atoms in total. The number of aromatic nitrogens is 1. The van der Waals surface area contributed by atoms with Crippen molar-refractivity contribution in [2.24, 2.45) is 0 Å². The summed E-state index contributed by atoms with van der Waals surface area (Å²) in [6, 6.07) is 11.2. The Labute approximate surface area is 101 Å². The number of nitrogens with zero attached hydrogens (tertiary/aromatic N) is 1. The predicted molar refractivity (Wildman–Crippen MR) is 68.1 cm³/mol. The van der Waals surface area contributed by atoms with Gasteiger partial charge in [-0.3, -0.25) is 9.78 Å². The van der Waals surface area contributed by atoms with Gasteiger partial charge in [0.25, 0.3) is 5.91 Å². The molecule has 3 heteroatoms. The van der Waals surface area contributed by atoms with Crippen LogP contribution in [0.5, 0.6) is 0 Å². The number of carbonyl (C=O) groups excluding carboxylic acids is 1. The molecule has 0 unspecified atom stereocenters. The van der Waals surface area contributed by atoms with Crippen LogP contribution in [0.4, 0.5) is 5.69 Å². The van der Waals surface area contributed by atoms with Gasteiger partial charge in [-0.15, -0.1) is 0 Å². The molecule has 1 aromatic heterocycles. The summed E-state index contributed by atoms with van der Waals surface area (Å²) in [7, 11) is 0. The van der Waals surface area contributed by atoms with E-state index in [9.17, 15) is 4.79 Å². The molecule has 1 N–H and O–H groups in total. The zero-order valence-electron chi connectivity index (χ0n) is 9.90. The highest BCUT2D eigenvalue weighted by molar-refractivity contribution is 6.04. The van der Waals surface area contributed by atoms with Crippen molar-refractivity contribution in [3.8, 4) is 0 Å². The van der Waals surface area contributed by atoms with Gasteiger partial charge < -0.3 is 5.32 Å². The highest BCUT2D eigenvalue weighted by Crippen LogP contribution is 2.12. The van der Waals surface area contributed by atoms with E-state index in [1.165, 1.54) is 0 Å². The number of aryl methyl sites for hydroxylation is 2. The molecule has 1 aromatic carbocycles. The van der Waals surface area contributed by atoms with Crippen LogP contribution < -0.4 is 5.32 Å². The minimum atomic E-state index is -0.124. The van der Waals surface area contributed by atoms with Crippen molar-refractivity contribution in [1.82, 2.24) is 4.98 Å². The van der Waals surface area contributed by atoms with Crippen LogP contribution in [0.1, 0.15) is 21.6 Å². The van der Waals surface area contributed by atoms with E-state index in [2.05, 4.69) is 10.3 Å². The van der Waals surface area contributed by atoms with Gasteiger partial charge in [-0.25, -0.2) is 0 Å². The Bertz CT molecular complexity index is 549. The molecular formula is C14H14N2O. The van der Waals surface area contributed by atoms with E-state index >= 15 is 0 Å². The average molecular weight is 226 g/mol. The molecule has 17 heavy (non-hydrogen) atoms. The number of hydrogen-bond donors (Lipinski definition) is 1. The van der Waals surface area contributed by atoms with E-state index < -0.39 is 0 Å². The topological polar surface area (TPSA) is 42.0 Å². The zero-order valence-corrected chi connectivity index (χ0v) is 9.90. The van der Waals surface area contributed by atoms with Crippen LogP contribution in [0.2, 0.25) is 0 Å². The Morgan fingerprint density at radius 3 is 2.71 bits per heavy atom. The largest absolute Gasteiger partial charge is 0.322 e. The normalized spacial score (nSPS) is 10.0. The maximum atomic E-state index is 12.0. The van der Waals surface area contributed by atoms with Gasteiger partial charge in [0.15, 0.2) is 0 Å². The summed E-state index contributed by atoms with van der Waals surface area (Å²) in [5, 5.41) is 2.86. The fourth-order valence-electron chi connectivity index (χ4n) is 1.65. The van der Waals surface area contributed by atoms with E-state index in [0.29, 0.717) is 5.56 Å². The molecule has 0 aliphatic carbocycles. The second-order valence-corrected chi connectivity index (χ2v) is 3.96. The van der Waals surface area contributed by atoms with Gasteiger partial charge in [0.2, 0.25) is 0 Å². The molecule has 0 aliphatic heterocycles. The summed E-state index contributed by atoms with van der Waals surface area (Å²) >= 11 is 0. The number of rotatable bonds is 2. The number of anilines is 1. The summed E-state index contributed by atoms with van der Waals surface area (Å²) in [4.78, 5) is 16.1. The van der Waals surface area contributed by atoms with Gasteiger partial charge in [-0.2, -0.15) is 0 Å². The smallest absolute Gasteiger partial charge is 0.257 e. The Kier molecular flexibility index (Phi) is 3.19. The van der Waals surface area contributed by atoms with Crippen LogP contribution in [0.3, 0.4) is 0 Å². The molecule has 0 saturated heterocycles. The second-order valence-electron chi connectivity index (χ2n) is 3.96. The standard InChI is InChI=1S/C14H14N2O/c1-10-5-3-6-12(9-10)16-14(17)13-7-4-8-15-11(13)2/h3-9H,1-2H3,(H,16,17). The lowest BCUT2D eigenvalue weighted by Gasteiger charge is -2.07. The van der Waals surface area contributed by atoms with E-state index in [4.69, 9.17) is 0 Å². The fraction of sp³-hybridized carbons (Fsp3) is 0.143. The third kappa shape index (κ3) is 2.69. The minimum Gasteiger partial charge on any atom is -0.322 e. The van der Waals surface area contributed by atoms with Crippen LogP contribution in [-0.4, -0.2) is 10.9 Å². The molecule has 2 rings (SSSR count). The van der Waals surface area contributed by atoms with Crippen LogP contribution in [0.25, 0.3) is 0 Å². The molecule has 2 aromatic rings. The first kappa shape index (κ1) is 11.3. The van der Waals surface area contributed by atoms with Crippen molar-refractivity contribution < 1.29 is 4.79 Å². The lowest BCUT2D eigenvalue weighted by molar-refractivity contribution is 0.102. The number of nitrogens with one attached hydrogen (secondary N) is 1. The number of hydrogen-bond acceptors (Lipinski definition) is 2. The molecule has 1 heterocycles. The van der Waals surface area contributed by atoms with E-state index in [1.54, 1.807) is 18.3 Å². The molecule has 0 atom stereocenters. The van der Waals surface area contributed by atoms with Crippen LogP contribution in [0, 0.1) is 13.8 Å². The van der Waals surface area contributed by atoms with Crippen molar-refractivity contribution in [2.75, 3.05) is 5.32 Å². The van der Waals surface area contributed by atoms with Crippen molar-refractivity contribution in [3.63, 3.8) is 0 Å². The van der Waals surface area contributed by atoms with Gasteiger partial charge in [0.05, 0.1) is 5.56 Å². The molecule has 0 aliphatic rings. The van der Waals surface area contributed by atoms with Crippen LogP contribution in [0.15, 0.2) is 42.6 Å². The van der Waals surface area contributed by atoms with E-state index in [-0.39, 0.29) is 5.91 Å². The maximum absolute atomic E-state index is 12.0. The summed E-state index contributed by atoms with van der Waals surface area (Å²) in [6.07, 6.45) is 1.68. The quantitative estimate of drug-likeness (QED) is 0.855. The summed E-state index contributed by atoms with van der Waals surface area (Å²) in [6.45, 7) is 3.82. The summed E-state index contributed by atoms with van der Waals surface area (Å²) in [5.74, 6) is -0.124. The fourth-order valence-corrected chi connectivity index (χ4v) is 1.65. The van der Waals surface area contributed by atoms with Gasteiger partial charge in [-0.1, -0.05) is 12.1 Å². The van der Waals surface area contributed by atoms with E-state index in [1.807, 2.05) is 38.1 Å². The van der Waals surface area contributed by atoms with Gasteiger partial charge >= 0.3 is 0 Å². The first-order chi connectivity index (χ1) is 8.16. The third-order valence-corrected chi connectivity index (χ3v) is 2.53. The molecule has 0 fully saturated rings. The van der Waals surface area contributed by atoms with Crippen molar-refractivity contribution in [2.45, 2.75) is 13.8 Å². The maximum Gasteiger partial charge on any atom is 0.257 e. The number of benzene rings is 1. The number of carbonyl (C=O) groups is 1. The molecule has 0 radical (unpaired) electrons. The summed E-state index contributed by atoms with van der Waals surface area (Å²) < 4.78 is 0. The number of amides is 1. The molecule has 0 saturated carbocycles. The Morgan fingerprint density at radius 2 is 2.00 bits per heavy atom. The molecule has 0 bridgehead atoms. The molecule has 0 spiro atoms. The number of pyridine rings is 1. The molecular weight excluding hydrogens is 212 g/mol. The van der Waals surface area contributed by atoms with Gasteiger partial charge in [0.1, 0.15) is 0 Å². The van der Waals surface area contributed by atoms with Crippen LogP contribution in [-0.2, 0) is 0 Å². The highest BCUT2D eigenvalue weighted by atomic mass is 16.1. The minimum absolute atomic E-state index is 0.124. The van der Waals surface area contributed by atoms with E-state index in [0.717, 1.165) is 16.9 Å². The average Bonchev–Trinajstić information content (AvgIpc) is 2.29. The lowest BCUT2D eigenvalue weighted by atomic mass is 10.1. The van der Waals surface area contributed by atoms with Crippen molar-refractivity contribution in [3.05, 3.63) is 59.4 Å². The first-order valence-corrected chi connectivity index (χ1v) is 5.46. The third-order valence-electron chi connectivity index (χ3n) is 2.53. The molecule has 1 amide bonds. The summed E-state index contributed by atoms with van der Waals surface area (Å²) in [5.41, 5.74) is 3.26. The van der Waals surface area contributed by atoms with Crippen molar-refractivity contribution >= 4 is 11.6 Å².